The second-order valence-electron chi connectivity index (χ2n) is 12.7. The topological polar surface area (TPSA) is 89.8 Å². The maximum absolute atomic E-state index is 12.8. The highest BCUT2D eigenvalue weighted by Crippen LogP contribution is 2.34. The maximum Gasteiger partial charge on any atom is 0.387 e. The van der Waals surface area contributed by atoms with Gasteiger partial charge in [-0.25, -0.2) is 19.6 Å². The van der Waals surface area contributed by atoms with Crippen molar-refractivity contribution in [3.8, 4) is 5.75 Å². The highest BCUT2D eigenvalue weighted by molar-refractivity contribution is 7.17. The standard InChI is InChI=1S/C38H33F2N3O5S2/c1-38(2,25-12-10-23(11-13-25)33-41-28(35(44)47-33)20-24-8-4-5-9-30(24)46-37(39)40)22-27-14-16-31(49-27)34-42-29(36(45)48-34)21-26-15-17-32(50-26)43-18-6-3-7-19-43/h4-5,8-17,20-21,37H,3,6-7,18-19,22H2,1-2H3/b28-20-,29-21-. The summed E-state index contributed by atoms with van der Waals surface area (Å²) in [4.78, 5) is 39.4. The average molecular weight is 714 g/mol. The third-order valence-corrected chi connectivity index (χ3v) is 10.8. The van der Waals surface area contributed by atoms with Gasteiger partial charge in [0, 0.05) is 34.0 Å². The van der Waals surface area contributed by atoms with E-state index in [2.05, 4.69) is 39.5 Å². The number of ether oxygens (including phenoxy) is 3. The summed E-state index contributed by atoms with van der Waals surface area (Å²) in [5.74, 6) is -0.752. The van der Waals surface area contributed by atoms with Gasteiger partial charge in [-0.15, -0.1) is 22.7 Å². The Hall–Kier alpha value is -4.94. The van der Waals surface area contributed by atoms with Crippen LogP contribution in [0.15, 0.2) is 94.2 Å². The first-order chi connectivity index (χ1) is 24.1. The van der Waals surface area contributed by atoms with Gasteiger partial charge in [0.1, 0.15) is 5.75 Å². The first-order valence-corrected chi connectivity index (χ1v) is 17.9. The number of para-hydroxylation sites is 1. The largest absolute Gasteiger partial charge is 0.434 e. The molecule has 50 heavy (non-hydrogen) atoms. The van der Waals surface area contributed by atoms with E-state index in [4.69, 9.17) is 9.47 Å². The predicted molar refractivity (Wildman–Crippen MR) is 192 cm³/mol. The molecule has 256 valence electrons. The van der Waals surface area contributed by atoms with E-state index >= 15 is 0 Å². The third-order valence-electron chi connectivity index (χ3n) is 8.63. The van der Waals surface area contributed by atoms with E-state index in [1.54, 1.807) is 46.9 Å². The van der Waals surface area contributed by atoms with E-state index < -0.39 is 18.6 Å². The first kappa shape index (κ1) is 33.6. The van der Waals surface area contributed by atoms with E-state index in [0.717, 1.165) is 39.7 Å². The molecule has 2 aromatic heterocycles. The lowest BCUT2D eigenvalue weighted by molar-refractivity contribution is -0.130. The summed E-state index contributed by atoms with van der Waals surface area (Å²) in [5, 5.41) is 1.22. The SMILES string of the molecule is CC(C)(Cc1ccc(C2=N/C(=C\c3ccc(N4CCCCC4)s3)C(=O)O2)s1)c1ccc(C2=N/C(=C\c3ccccc3OC(F)F)C(=O)O2)cc1. The number of aliphatic imine (C=N–C) groups is 2. The van der Waals surface area contributed by atoms with Crippen LogP contribution in [0.1, 0.15) is 64.4 Å². The molecular weight excluding hydrogens is 681 g/mol. The van der Waals surface area contributed by atoms with Crippen LogP contribution in [-0.2, 0) is 30.9 Å². The van der Waals surface area contributed by atoms with Gasteiger partial charge in [0.15, 0.2) is 11.4 Å². The van der Waals surface area contributed by atoms with Crippen molar-refractivity contribution in [2.75, 3.05) is 18.0 Å². The minimum atomic E-state index is -3.00. The summed E-state index contributed by atoms with van der Waals surface area (Å²) < 4.78 is 41.2. The van der Waals surface area contributed by atoms with Crippen LogP contribution in [0.5, 0.6) is 5.75 Å². The second-order valence-corrected chi connectivity index (χ2v) is 15.0. The number of hydrogen-bond acceptors (Lipinski definition) is 10. The molecule has 0 N–H and O–H groups in total. The van der Waals surface area contributed by atoms with Crippen LogP contribution >= 0.6 is 22.7 Å². The number of hydrogen-bond donors (Lipinski definition) is 0. The maximum atomic E-state index is 12.8. The Morgan fingerprint density at radius 1 is 0.840 bits per heavy atom. The summed E-state index contributed by atoms with van der Waals surface area (Å²) in [6.45, 7) is 3.42. The van der Waals surface area contributed by atoms with Gasteiger partial charge in [-0.2, -0.15) is 8.78 Å². The number of rotatable bonds is 10. The minimum absolute atomic E-state index is 0.0168. The number of esters is 2. The highest BCUT2D eigenvalue weighted by atomic mass is 32.1. The molecule has 3 aliphatic rings. The molecule has 2 aromatic carbocycles. The van der Waals surface area contributed by atoms with Gasteiger partial charge < -0.3 is 19.1 Å². The molecule has 0 spiro atoms. The Kier molecular flexibility index (Phi) is 9.48. The fraction of sp³-hybridized carbons (Fsp3) is 0.263. The van der Waals surface area contributed by atoms with Crippen molar-refractivity contribution in [3.05, 3.63) is 116 Å². The molecule has 0 atom stereocenters. The Balaban J connectivity index is 1.02. The van der Waals surface area contributed by atoms with Crippen LogP contribution in [0.25, 0.3) is 12.2 Å². The number of carbonyl (C=O) groups is 2. The lowest BCUT2D eigenvalue weighted by Crippen LogP contribution is -2.28. The molecule has 7 rings (SSSR count). The van der Waals surface area contributed by atoms with Crippen LogP contribution < -0.4 is 9.64 Å². The Labute approximate surface area is 296 Å². The molecule has 3 aliphatic heterocycles. The van der Waals surface area contributed by atoms with Crippen LogP contribution in [-0.4, -0.2) is 43.4 Å². The van der Waals surface area contributed by atoms with Crippen molar-refractivity contribution < 1.29 is 32.6 Å². The number of alkyl halides is 2. The number of halogens is 2. The quantitative estimate of drug-likeness (QED) is 0.121. The van der Waals surface area contributed by atoms with Gasteiger partial charge in [-0.3, -0.25) is 0 Å². The second kappa shape index (κ2) is 14.1. The van der Waals surface area contributed by atoms with E-state index in [-0.39, 0.29) is 28.3 Å². The zero-order chi connectivity index (χ0) is 34.8. The average Bonchev–Trinajstić information content (AvgIpc) is 3.91. The molecule has 0 amide bonds. The summed E-state index contributed by atoms with van der Waals surface area (Å²) in [5.41, 5.74) is 1.97. The van der Waals surface area contributed by atoms with E-state index in [0.29, 0.717) is 17.2 Å². The molecule has 4 aromatic rings. The Bertz CT molecular complexity index is 2050. The number of cyclic esters (lactones) is 2. The van der Waals surface area contributed by atoms with Crippen molar-refractivity contribution in [1.82, 2.24) is 0 Å². The van der Waals surface area contributed by atoms with Crippen LogP contribution in [0.2, 0.25) is 0 Å². The molecule has 0 unspecified atom stereocenters. The number of thiophene rings is 2. The Morgan fingerprint density at radius 3 is 2.30 bits per heavy atom. The minimum Gasteiger partial charge on any atom is -0.434 e. The summed E-state index contributed by atoms with van der Waals surface area (Å²) in [7, 11) is 0. The van der Waals surface area contributed by atoms with Gasteiger partial charge in [0.2, 0.25) is 11.8 Å². The number of nitrogens with zero attached hydrogens (tertiary/aromatic N) is 3. The third kappa shape index (κ3) is 7.46. The zero-order valence-electron chi connectivity index (χ0n) is 27.4. The van der Waals surface area contributed by atoms with E-state index in [9.17, 15) is 18.4 Å². The van der Waals surface area contributed by atoms with Crippen molar-refractivity contribution in [2.24, 2.45) is 9.98 Å². The van der Waals surface area contributed by atoms with Crippen LogP contribution in [0.3, 0.4) is 0 Å². The van der Waals surface area contributed by atoms with E-state index in [1.165, 1.54) is 36.4 Å². The normalized spacial score (nSPS) is 18.1. The van der Waals surface area contributed by atoms with Crippen molar-refractivity contribution in [3.63, 3.8) is 0 Å². The van der Waals surface area contributed by atoms with Crippen molar-refractivity contribution in [1.29, 1.82) is 0 Å². The summed E-state index contributed by atoms with van der Waals surface area (Å²) >= 11 is 3.20. The van der Waals surface area contributed by atoms with Crippen LogP contribution in [0.4, 0.5) is 13.8 Å². The van der Waals surface area contributed by atoms with Gasteiger partial charge in [0.25, 0.3) is 0 Å². The molecule has 8 nitrogen and oxygen atoms in total. The summed E-state index contributed by atoms with van der Waals surface area (Å²) in [6, 6.07) is 21.9. The molecule has 1 fully saturated rings. The van der Waals surface area contributed by atoms with Gasteiger partial charge >= 0.3 is 18.6 Å². The molecule has 0 aliphatic carbocycles. The zero-order valence-corrected chi connectivity index (χ0v) is 29.0. The molecule has 1 saturated heterocycles. The monoisotopic (exact) mass is 713 g/mol. The first-order valence-electron chi connectivity index (χ1n) is 16.2. The molecule has 0 radical (unpaired) electrons. The molecule has 0 saturated carbocycles. The van der Waals surface area contributed by atoms with Crippen LogP contribution in [0, 0.1) is 0 Å². The highest BCUT2D eigenvalue weighted by Gasteiger charge is 2.29. The number of benzene rings is 2. The fourth-order valence-corrected chi connectivity index (χ4v) is 8.18. The van der Waals surface area contributed by atoms with Gasteiger partial charge in [-0.05, 0) is 91.3 Å². The molecular formula is C38H33F2N3O5S2. The Morgan fingerprint density at radius 2 is 1.54 bits per heavy atom. The molecule has 12 heteroatoms. The predicted octanol–water partition coefficient (Wildman–Crippen LogP) is 8.61. The number of anilines is 1. The number of piperidine rings is 1. The van der Waals surface area contributed by atoms with Gasteiger partial charge in [0.05, 0.1) is 9.88 Å². The van der Waals surface area contributed by atoms with Crippen molar-refractivity contribution in [2.45, 2.75) is 51.6 Å². The lowest BCUT2D eigenvalue weighted by Gasteiger charge is -2.27. The molecule has 0 bridgehead atoms. The fourth-order valence-electron chi connectivity index (χ4n) is 6.03. The lowest BCUT2D eigenvalue weighted by atomic mass is 9.81. The number of carbonyl (C=O) groups excluding carboxylic acids is 2. The van der Waals surface area contributed by atoms with E-state index in [1.807, 2.05) is 42.5 Å². The smallest absolute Gasteiger partial charge is 0.387 e. The summed E-state index contributed by atoms with van der Waals surface area (Å²) in [6.07, 6.45) is 7.58. The van der Waals surface area contributed by atoms with Crippen molar-refractivity contribution >= 4 is 63.6 Å². The van der Waals surface area contributed by atoms with Gasteiger partial charge in [-0.1, -0.05) is 44.2 Å². The molecule has 5 heterocycles.